The van der Waals surface area contributed by atoms with Crippen LogP contribution in [0.15, 0.2) is 0 Å². The Bertz CT molecular complexity index is 319. The Kier molecular flexibility index (Phi) is 3.32. The van der Waals surface area contributed by atoms with Crippen molar-refractivity contribution in [1.82, 2.24) is 15.1 Å². The van der Waals surface area contributed by atoms with Gasteiger partial charge in [-0.1, -0.05) is 0 Å². The third-order valence-corrected chi connectivity index (χ3v) is 4.95. The van der Waals surface area contributed by atoms with Gasteiger partial charge in [-0.25, -0.2) is 0 Å². The Morgan fingerprint density at radius 1 is 1.22 bits per heavy atom. The fourth-order valence-corrected chi connectivity index (χ4v) is 3.76. The van der Waals surface area contributed by atoms with Gasteiger partial charge in [0, 0.05) is 19.1 Å². The van der Waals surface area contributed by atoms with Gasteiger partial charge in [0.1, 0.15) is 0 Å². The van der Waals surface area contributed by atoms with Gasteiger partial charge in [0.15, 0.2) is 0 Å². The summed E-state index contributed by atoms with van der Waals surface area (Å²) in [5.74, 6) is 0.335. The first kappa shape index (κ1) is 12.4. The lowest BCUT2D eigenvalue weighted by Gasteiger charge is -2.30. The topological polar surface area (TPSA) is 35.6 Å². The first-order valence-corrected chi connectivity index (χ1v) is 7.47. The summed E-state index contributed by atoms with van der Waals surface area (Å²) < 4.78 is 0. The molecule has 2 unspecified atom stereocenters. The average molecular weight is 251 g/mol. The molecule has 2 atom stereocenters. The summed E-state index contributed by atoms with van der Waals surface area (Å²) >= 11 is 0. The van der Waals surface area contributed by atoms with Crippen LogP contribution in [-0.4, -0.2) is 60.0 Å². The number of hydrogen-bond donors (Lipinski definition) is 1. The highest BCUT2D eigenvalue weighted by Crippen LogP contribution is 2.26. The molecule has 0 aliphatic carbocycles. The summed E-state index contributed by atoms with van der Waals surface area (Å²) in [5, 5.41) is 3.39. The van der Waals surface area contributed by atoms with Crippen LogP contribution >= 0.6 is 0 Å². The quantitative estimate of drug-likeness (QED) is 0.789. The number of hydrogen-bond acceptors (Lipinski definition) is 3. The maximum atomic E-state index is 12.6. The van der Waals surface area contributed by atoms with Crippen molar-refractivity contribution < 1.29 is 4.79 Å². The average Bonchev–Trinajstić information content (AvgIpc) is 3.09. The van der Waals surface area contributed by atoms with E-state index in [1.165, 1.54) is 32.4 Å². The van der Waals surface area contributed by atoms with Gasteiger partial charge in [0.2, 0.25) is 5.91 Å². The highest BCUT2D eigenvalue weighted by Gasteiger charge is 2.41. The van der Waals surface area contributed by atoms with E-state index < -0.39 is 0 Å². The second kappa shape index (κ2) is 4.82. The predicted octanol–water partition coefficient (Wildman–Crippen LogP) is 0.825. The molecular weight excluding hydrogens is 226 g/mol. The lowest BCUT2D eigenvalue weighted by molar-refractivity contribution is -0.136. The van der Waals surface area contributed by atoms with Crippen LogP contribution in [0.4, 0.5) is 0 Å². The number of rotatable bonds is 2. The Morgan fingerprint density at radius 3 is 2.67 bits per heavy atom. The van der Waals surface area contributed by atoms with Crippen molar-refractivity contribution in [2.45, 2.75) is 50.6 Å². The first-order valence-electron chi connectivity index (χ1n) is 7.47. The zero-order chi connectivity index (χ0) is 12.6. The van der Waals surface area contributed by atoms with Crippen molar-refractivity contribution >= 4 is 5.91 Å². The first-order chi connectivity index (χ1) is 8.69. The molecule has 1 N–H and O–H groups in total. The fourth-order valence-electron chi connectivity index (χ4n) is 3.76. The van der Waals surface area contributed by atoms with E-state index in [1.807, 2.05) is 0 Å². The highest BCUT2D eigenvalue weighted by molar-refractivity contribution is 5.86. The molecule has 0 aromatic rings. The number of likely N-dealkylation sites (tertiary alicyclic amines) is 2. The van der Waals surface area contributed by atoms with Crippen LogP contribution < -0.4 is 5.32 Å². The standard InChI is InChI=1S/C14H25N3O/c1-14(6-4-7-15-14)13(18)17-10-5-12(11-17)16-8-2-3-9-16/h12,15H,2-11H2,1H3. The van der Waals surface area contributed by atoms with E-state index in [-0.39, 0.29) is 5.54 Å². The molecule has 3 rings (SSSR count). The lowest BCUT2D eigenvalue weighted by atomic mass is 9.98. The molecule has 0 aromatic carbocycles. The van der Waals surface area contributed by atoms with Crippen LogP contribution in [0.5, 0.6) is 0 Å². The Balaban J connectivity index is 1.59. The maximum Gasteiger partial charge on any atom is 0.242 e. The van der Waals surface area contributed by atoms with E-state index >= 15 is 0 Å². The Labute approximate surface area is 110 Å². The van der Waals surface area contributed by atoms with Crippen molar-refractivity contribution in [3.8, 4) is 0 Å². The number of amides is 1. The molecule has 4 nitrogen and oxygen atoms in total. The van der Waals surface area contributed by atoms with E-state index in [2.05, 4.69) is 22.0 Å². The van der Waals surface area contributed by atoms with Crippen LogP contribution in [0.1, 0.15) is 39.0 Å². The lowest BCUT2D eigenvalue weighted by Crippen LogP contribution is -2.52. The van der Waals surface area contributed by atoms with Crippen LogP contribution in [0, 0.1) is 0 Å². The summed E-state index contributed by atoms with van der Waals surface area (Å²) in [6.07, 6.45) is 5.97. The molecule has 0 spiro atoms. The molecule has 4 heteroatoms. The van der Waals surface area contributed by atoms with Gasteiger partial charge in [-0.05, 0) is 58.7 Å². The van der Waals surface area contributed by atoms with Crippen molar-refractivity contribution in [3.05, 3.63) is 0 Å². The summed E-state index contributed by atoms with van der Waals surface area (Å²) in [5.41, 5.74) is -0.278. The monoisotopic (exact) mass is 251 g/mol. The summed E-state index contributed by atoms with van der Waals surface area (Å²) in [6, 6.07) is 0.626. The summed E-state index contributed by atoms with van der Waals surface area (Å²) in [4.78, 5) is 17.3. The largest absolute Gasteiger partial charge is 0.339 e. The van der Waals surface area contributed by atoms with Crippen molar-refractivity contribution in [1.29, 1.82) is 0 Å². The molecule has 0 bridgehead atoms. The summed E-state index contributed by atoms with van der Waals surface area (Å²) in [6.45, 7) is 7.45. The van der Waals surface area contributed by atoms with E-state index in [9.17, 15) is 4.79 Å². The zero-order valence-electron chi connectivity index (χ0n) is 11.5. The molecule has 3 aliphatic rings. The van der Waals surface area contributed by atoms with Gasteiger partial charge >= 0.3 is 0 Å². The van der Waals surface area contributed by atoms with Crippen LogP contribution in [0.3, 0.4) is 0 Å². The molecular formula is C14H25N3O. The molecule has 3 fully saturated rings. The van der Waals surface area contributed by atoms with Gasteiger partial charge < -0.3 is 10.2 Å². The highest BCUT2D eigenvalue weighted by atomic mass is 16.2. The van der Waals surface area contributed by atoms with Crippen molar-refractivity contribution in [2.75, 3.05) is 32.7 Å². The van der Waals surface area contributed by atoms with E-state index in [1.54, 1.807) is 0 Å². The van der Waals surface area contributed by atoms with E-state index in [0.29, 0.717) is 11.9 Å². The van der Waals surface area contributed by atoms with Gasteiger partial charge in [-0.3, -0.25) is 9.69 Å². The number of carbonyl (C=O) groups excluding carboxylic acids is 1. The second-order valence-electron chi connectivity index (χ2n) is 6.30. The molecule has 102 valence electrons. The van der Waals surface area contributed by atoms with Crippen LogP contribution in [0.25, 0.3) is 0 Å². The van der Waals surface area contributed by atoms with Gasteiger partial charge in [-0.15, -0.1) is 0 Å². The molecule has 0 aromatic heterocycles. The second-order valence-corrected chi connectivity index (χ2v) is 6.30. The maximum absolute atomic E-state index is 12.6. The van der Waals surface area contributed by atoms with E-state index in [0.717, 1.165) is 32.5 Å². The molecule has 0 radical (unpaired) electrons. The van der Waals surface area contributed by atoms with Crippen LogP contribution in [-0.2, 0) is 4.79 Å². The molecule has 3 heterocycles. The van der Waals surface area contributed by atoms with Gasteiger partial charge in [0.05, 0.1) is 5.54 Å². The third kappa shape index (κ3) is 2.16. The van der Waals surface area contributed by atoms with Crippen molar-refractivity contribution in [3.63, 3.8) is 0 Å². The predicted molar refractivity (Wildman–Crippen MR) is 71.4 cm³/mol. The van der Waals surface area contributed by atoms with Gasteiger partial charge in [0.25, 0.3) is 0 Å². The third-order valence-electron chi connectivity index (χ3n) is 4.95. The number of nitrogens with zero attached hydrogens (tertiary/aromatic N) is 2. The Hall–Kier alpha value is -0.610. The number of nitrogens with one attached hydrogen (secondary N) is 1. The molecule has 1 amide bonds. The zero-order valence-corrected chi connectivity index (χ0v) is 11.5. The minimum absolute atomic E-state index is 0.278. The molecule has 0 saturated carbocycles. The minimum atomic E-state index is -0.278. The van der Waals surface area contributed by atoms with Crippen molar-refractivity contribution in [2.24, 2.45) is 0 Å². The smallest absolute Gasteiger partial charge is 0.242 e. The molecule has 3 aliphatic heterocycles. The number of carbonyl (C=O) groups is 1. The fraction of sp³-hybridized carbons (Fsp3) is 0.929. The SMILES string of the molecule is CC1(C(=O)N2CCC(N3CCCC3)C2)CCCN1. The normalized spacial score (nSPS) is 37.6. The minimum Gasteiger partial charge on any atom is -0.339 e. The van der Waals surface area contributed by atoms with Gasteiger partial charge in [-0.2, -0.15) is 0 Å². The summed E-state index contributed by atoms with van der Waals surface area (Å²) in [7, 11) is 0. The molecule has 18 heavy (non-hydrogen) atoms. The van der Waals surface area contributed by atoms with Crippen LogP contribution in [0.2, 0.25) is 0 Å². The van der Waals surface area contributed by atoms with E-state index in [4.69, 9.17) is 0 Å². The Morgan fingerprint density at radius 2 is 2.00 bits per heavy atom. The molecule has 3 saturated heterocycles.